The molecule has 3 unspecified atom stereocenters. The third-order valence-corrected chi connectivity index (χ3v) is 10.8. The van der Waals surface area contributed by atoms with Crippen molar-refractivity contribution in [1.82, 2.24) is 15.2 Å². The zero-order chi connectivity index (χ0) is 33.2. The predicted molar refractivity (Wildman–Crippen MR) is 210 cm³/mol. The molecule has 0 amide bonds. The number of hydrogen-bond acceptors (Lipinski definition) is 2. The molecule has 0 fully saturated rings. The molecule has 2 aliphatic rings. The first kappa shape index (κ1) is 29.1. The second kappa shape index (κ2) is 11.6. The van der Waals surface area contributed by atoms with Gasteiger partial charge in [0.05, 0.1) is 17.1 Å². The normalized spacial score (nSPS) is 18.7. The van der Waals surface area contributed by atoms with Gasteiger partial charge in [0, 0.05) is 27.7 Å². The van der Waals surface area contributed by atoms with E-state index in [9.17, 15) is 0 Å². The molecule has 0 bridgehead atoms. The molecule has 2 heterocycles. The number of aromatic nitrogens is 1. The Morgan fingerprint density at radius 2 is 1.38 bits per heavy atom. The van der Waals surface area contributed by atoms with Gasteiger partial charge >= 0.3 is 0 Å². The molecule has 1 aliphatic carbocycles. The van der Waals surface area contributed by atoms with Crippen LogP contribution in [0.25, 0.3) is 60.8 Å². The first-order chi connectivity index (χ1) is 24.7. The Morgan fingerprint density at radius 3 is 2.24 bits per heavy atom. The van der Waals surface area contributed by atoms with Gasteiger partial charge in [0.15, 0.2) is 0 Å². The summed E-state index contributed by atoms with van der Waals surface area (Å²) in [6, 6.07) is 53.1. The summed E-state index contributed by atoms with van der Waals surface area (Å²) < 4.78 is 2.53. The van der Waals surface area contributed by atoms with Crippen LogP contribution >= 0.6 is 0 Å². The molecule has 1 aromatic heterocycles. The Kier molecular flexibility index (Phi) is 6.75. The summed E-state index contributed by atoms with van der Waals surface area (Å²) in [6.07, 6.45) is 8.13. The third kappa shape index (κ3) is 4.62. The highest BCUT2D eigenvalue weighted by molar-refractivity contribution is 6.30. The fraction of sp³-hybridized carbons (Fsp3) is 0.106. The zero-order valence-electron chi connectivity index (χ0n) is 28.0. The fourth-order valence-corrected chi connectivity index (χ4v) is 8.46. The molecule has 10 rings (SSSR count). The van der Waals surface area contributed by atoms with Crippen molar-refractivity contribution < 1.29 is 0 Å². The summed E-state index contributed by atoms with van der Waals surface area (Å²) in [6.45, 7) is 2.33. The average Bonchev–Trinajstić information content (AvgIpc) is 3.53. The lowest BCUT2D eigenvalue weighted by Crippen LogP contribution is -2.39. The molecule has 0 saturated heterocycles. The quantitative estimate of drug-likeness (QED) is 0.187. The SMILES string of the molecule is CC1C=Cc2c(c3ccc4ccccc4c3c3c4ccccc4n(-c4cccc(C5C=C(c6ccccc6)NC(c6ccccc6)N5)c4)c23)C1. The summed E-state index contributed by atoms with van der Waals surface area (Å²) >= 11 is 0. The lowest BCUT2D eigenvalue weighted by atomic mass is 9.83. The van der Waals surface area contributed by atoms with Gasteiger partial charge in [-0.3, -0.25) is 5.32 Å². The molecule has 0 radical (unpaired) electrons. The van der Waals surface area contributed by atoms with Crippen LogP contribution in [0.5, 0.6) is 0 Å². The summed E-state index contributed by atoms with van der Waals surface area (Å²) in [7, 11) is 0. The number of benzene rings is 7. The standard InChI is InChI=1S/C47H37N3/c1-30-23-25-38-40(27-30)37-26-24-31-13-8-9-20-36(31)44(37)45-39-21-10-11-22-43(39)50(46(38)45)35-19-12-18-34(28-35)42-29-41(32-14-4-2-5-15-32)48-47(49-42)33-16-6-3-7-17-33/h2-26,28-30,42,47-49H,27H2,1H3. The average molecular weight is 644 g/mol. The molecular formula is C47H37N3. The van der Waals surface area contributed by atoms with E-state index >= 15 is 0 Å². The van der Waals surface area contributed by atoms with E-state index in [0.717, 1.165) is 12.1 Å². The molecule has 50 heavy (non-hydrogen) atoms. The number of fused-ring (bicyclic) bond motifs is 10. The molecule has 7 aromatic carbocycles. The van der Waals surface area contributed by atoms with Crippen molar-refractivity contribution in [2.45, 2.75) is 25.6 Å². The summed E-state index contributed by atoms with van der Waals surface area (Å²) in [5.41, 5.74) is 11.3. The molecule has 2 N–H and O–H groups in total. The highest BCUT2D eigenvalue weighted by atomic mass is 15.2. The third-order valence-electron chi connectivity index (χ3n) is 10.8. The van der Waals surface area contributed by atoms with Crippen LogP contribution in [0.2, 0.25) is 0 Å². The molecule has 8 aromatic rings. The van der Waals surface area contributed by atoms with E-state index in [0.29, 0.717) is 5.92 Å². The van der Waals surface area contributed by atoms with Crippen LogP contribution in [-0.4, -0.2) is 4.57 Å². The maximum atomic E-state index is 3.92. The number of nitrogens with one attached hydrogen (secondary N) is 2. The minimum absolute atomic E-state index is 0.00383. The maximum absolute atomic E-state index is 3.92. The van der Waals surface area contributed by atoms with E-state index in [1.807, 2.05) is 0 Å². The largest absolute Gasteiger partial charge is 0.366 e. The van der Waals surface area contributed by atoms with E-state index in [-0.39, 0.29) is 12.2 Å². The minimum Gasteiger partial charge on any atom is -0.366 e. The predicted octanol–water partition coefficient (Wildman–Crippen LogP) is 11.3. The van der Waals surface area contributed by atoms with Crippen LogP contribution < -0.4 is 10.6 Å². The van der Waals surface area contributed by atoms with Crippen LogP contribution in [0.1, 0.15) is 46.9 Å². The second-order valence-corrected chi connectivity index (χ2v) is 13.9. The van der Waals surface area contributed by atoms with E-state index in [1.165, 1.54) is 76.9 Å². The number of allylic oxidation sites excluding steroid dienone is 1. The van der Waals surface area contributed by atoms with Crippen LogP contribution in [0.3, 0.4) is 0 Å². The van der Waals surface area contributed by atoms with E-state index in [4.69, 9.17) is 0 Å². The highest BCUT2D eigenvalue weighted by Gasteiger charge is 2.27. The smallest absolute Gasteiger partial charge is 0.104 e. The molecule has 3 atom stereocenters. The molecule has 3 nitrogen and oxygen atoms in total. The number of para-hydroxylation sites is 1. The Labute approximate surface area is 292 Å². The second-order valence-electron chi connectivity index (χ2n) is 13.9. The number of hydrogen-bond donors (Lipinski definition) is 2. The lowest BCUT2D eigenvalue weighted by molar-refractivity contribution is 0.442. The van der Waals surface area contributed by atoms with Crippen molar-refractivity contribution in [3.63, 3.8) is 0 Å². The van der Waals surface area contributed by atoms with Crippen LogP contribution in [-0.2, 0) is 6.42 Å². The maximum Gasteiger partial charge on any atom is 0.104 e. The number of rotatable bonds is 4. The van der Waals surface area contributed by atoms with Gasteiger partial charge in [-0.25, -0.2) is 0 Å². The van der Waals surface area contributed by atoms with Crippen LogP contribution in [0.4, 0.5) is 0 Å². The first-order valence-electron chi connectivity index (χ1n) is 17.7. The van der Waals surface area contributed by atoms with Gasteiger partial charge in [0.2, 0.25) is 0 Å². The summed E-state index contributed by atoms with van der Waals surface area (Å²) in [5, 5.41) is 15.7. The lowest BCUT2D eigenvalue weighted by Gasteiger charge is -2.33. The van der Waals surface area contributed by atoms with Gasteiger partial charge in [-0.2, -0.15) is 0 Å². The molecule has 1 aliphatic heterocycles. The minimum atomic E-state index is -0.0305. The van der Waals surface area contributed by atoms with Crippen molar-refractivity contribution in [3.05, 3.63) is 186 Å². The Bertz CT molecular complexity index is 2650. The van der Waals surface area contributed by atoms with Gasteiger partial charge < -0.3 is 9.88 Å². The zero-order valence-corrected chi connectivity index (χ0v) is 28.0. The molecule has 0 saturated carbocycles. The highest BCUT2D eigenvalue weighted by Crippen LogP contribution is 2.46. The van der Waals surface area contributed by atoms with E-state index in [1.54, 1.807) is 0 Å². The van der Waals surface area contributed by atoms with Crippen molar-refractivity contribution in [2.75, 3.05) is 0 Å². The van der Waals surface area contributed by atoms with Crippen molar-refractivity contribution in [1.29, 1.82) is 0 Å². The molecule has 240 valence electrons. The fourth-order valence-electron chi connectivity index (χ4n) is 8.46. The Morgan fingerprint density at radius 1 is 0.640 bits per heavy atom. The van der Waals surface area contributed by atoms with Crippen molar-refractivity contribution in [3.8, 4) is 5.69 Å². The van der Waals surface area contributed by atoms with Crippen LogP contribution in [0, 0.1) is 5.92 Å². The molecule has 0 spiro atoms. The van der Waals surface area contributed by atoms with Crippen LogP contribution in [0.15, 0.2) is 158 Å². The van der Waals surface area contributed by atoms with Crippen molar-refractivity contribution in [2.24, 2.45) is 5.92 Å². The van der Waals surface area contributed by atoms with Gasteiger partial charge in [0.25, 0.3) is 0 Å². The van der Waals surface area contributed by atoms with Gasteiger partial charge in [-0.15, -0.1) is 0 Å². The van der Waals surface area contributed by atoms with Gasteiger partial charge in [-0.1, -0.05) is 146 Å². The van der Waals surface area contributed by atoms with E-state index in [2.05, 4.69) is 186 Å². The topological polar surface area (TPSA) is 29.0 Å². The van der Waals surface area contributed by atoms with Gasteiger partial charge in [0.1, 0.15) is 6.17 Å². The molecular weight excluding hydrogens is 607 g/mol. The van der Waals surface area contributed by atoms with Gasteiger partial charge in [-0.05, 0) is 80.4 Å². The number of nitrogens with zero attached hydrogens (tertiary/aromatic N) is 1. The monoisotopic (exact) mass is 643 g/mol. The molecule has 3 heteroatoms. The van der Waals surface area contributed by atoms with E-state index < -0.39 is 0 Å². The summed E-state index contributed by atoms with van der Waals surface area (Å²) in [4.78, 5) is 0. The summed E-state index contributed by atoms with van der Waals surface area (Å²) in [5.74, 6) is 0.491. The Hall–Kier alpha value is -5.90. The van der Waals surface area contributed by atoms with Crippen molar-refractivity contribution >= 4 is 55.1 Å². The first-order valence-corrected chi connectivity index (χ1v) is 17.7. The Balaban J connectivity index is 1.22.